The fraction of sp³-hybridized carbons (Fsp3) is 0.889. The number of likely N-dealkylation sites (N-methyl/N-ethyl adjacent to an activating group) is 1. The Kier molecular flexibility index (Phi) is 8.00. The predicted octanol–water partition coefficient (Wildman–Crippen LogP) is 2.69. The molecule has 2 amide bonds. The van der Waals surface area contributed by atoms with Crippen LogP contribution in [0.25, 0.3) is 0 Å². The second-order valence-electron chi connectivity index (χ2n) is 8.34. The maximum atomic E-state index is 11.9. The molecule has 1 saturated carbocycles. The molecule has 0 spiro atoms. The predicted molar refractivity (Wildman–Crippen MR) is 96.1 cm³/mol. The van der Waals surface area contributed by atoms with E-state index in [0.717, 1.165) is 32.2 Å². The molecule has 0 heterocycles. The smallest absolute Gasteiger partial charge is 0.317 e. The van der Waals surface area contributed by atoms with Gasteiger partial charge in [0.25, 0.3) is 0 Å². The van der Waals surface area contributed by atoms with Gasteiger partial charge in [0, 0.05) is 18.6 Å². The molecule has 1 rings (SSSR count). The Morgan fingerprint density at radius 2 is 1.92 bits per heavy atom. The lowest BCUT2D eigenvalue weighted by molar-refractivity contribution is -0.139. The average Bonchev–Trinajstić information content (AvgIpc) is 2.37. The molecular formula is C18H35N3O3. The van der Waals surface area contributed by atoms with Crippen molar-refractivity contribution in [3.05, 3.63) is 0 Å². The van der Waals surface area contributed by atoms with Crippen molar-refractivity contribution in [3.63, 3.8) is 0 Å². The number of rotatable bonds is 9. The van der Waals surface area contributed by atoms with E-state index in [9.17, 15) is 9.59 Å². The molecule has 1 aliphatic carbocycles. The third-order valence-electron chi connectivity index (χ3n) is 4.59. The molecule has 3 N–H and O–H groups in total. The topological polar surface area (TPSA) is 81.7 Å². The number of hydrogen-bond donors (Lipinski definition) is 3. The first-order valence-electron chi connectivity index (χ1n) is 9.11. The number of carboxylic acids is 1. The van der Waals surface area contributed by atoms with Crippen LogP contribution >= 0.6 is 0 Å². The summed E-state index contributed by atoms with van der Waals surface area (Å²) < 4.78 is 0. The maximum absolute atomic E-state index is 11.9. The Hall–Kier alpha value is -1.30. The summed E-state index contributed by atoms with van der Waals surface area (Å²) in [6.07, 6.45) is 3.79. The van der Waals surface area contributed by atoms with Gasteiger partial charge in [0.2, 0.25) is 0 Å². The number of nitrogens with one attached hydrogen (secondary N) is 2. The van der Waals surface area contributed by atoms with Crippen molar-refractivity contribution >= 4 is 12.0 Å². The first-order chi connectivity index (χ1) is 11.1. The van der Waals surface area contributed by atoms with Crippen LogP contribution in [0.3, 0.4) is 0 Å². The van der Waals surface area contributed by atoms with Gasteiger partial charge in [-0.25, -0.2) is 4.79 Å². The van der Waals surface area contributed by atoms with E-state index in [0.29, 0.717) is 17.9 Å². The van der Waals surface area contributed by atoms with E-state index in [-0.39, 0.29) is 24.7 Å². The van der Waals surface area contributed by atoms with E-state index < -0.39 is 5.97 Å². The van der Waals surface area contributed by atoms with Crippen LogP contribution < -0.4 is 10.6 Å². The van der Waals surface area contributed by atoms with E-state index >= 15 is 0 Å². The van der Waals surface area contributed by atoms with Crippen molar-refractivity contribution < 1.29 is 14.7 Å². The molecule has 0 radical (unpaired) electrons. The van der Waals surface area contributed by atoms with Gasteiger partial charge in [0.1, 0.15) is 0 Å². The number of urea groups is 1. The van der Waals surface area contributed by atoms with Crippen LogP contribution in [0.5, 0.6) is 0 Å². The Bertz CT molecular complexity index is 414. The zero-order valence-electron chi connectivity index (χ0n) is 15.9. The van der Waals surface area contributed by atoms with E-state index in [4.69, 9.17) is 5.11 Å². The van der Waals surface area contributed by atoms with Crippen molar-refractivity contribution in [2.24, 2.45) is 11.3 Å². The third-order valence-corrected chi connectivity index (χ3v) is 4.59. The summed E-state index contributed by atoms with van der Waals surface area (Å²) in [5, 5.41) is 14.8. The average molecular weight is 341 g/mol. The molecule has 0 aliphatic heterocycles. The number of hydrogen-bond acceptors (Lipinski definition) is 3. The number of aliphatic carboxylic acids is 1. The number of carbonyl (C=O) groups excluding carboxylic acids is 1. The van der Waals surface area contributed by atoms with E-state index in [2.05, 4.69) is 38.3 Å². The molecule has 0 aromatic heterocycles. The van der Waals surface area contributed by atoms with Crippen molar-refractivity contribution in [3.8, 4) is 0 Å². The van der Waals surface area contributed by atoms with Gasteiger partial charge < -0.3 is 15.7 Å². The molecular weight excluding hydrogens is 306 g/mol. The van der Waals surface area contributed by atoms with Crippen LogP contribution in [0.4, 0.5) is 4.79 Å². The monoisotopic (exact) mass is 341 g/mol. The van der Waals surface area contributed by atoms with Gasteiger partial charge in [-0.1, -0.05) is 34.6 Å². The summed E-state index contributed by atoms with van der Waals surface area (Å²) in [4.78, 5) is 24.7. The van der Waals surface area contributed by atoms with E-state index in [1.165, 1.54) is 0 Å². The van der Waals surface area contributed by atoms with Crippen molar-refractivity contribution in [1.82, 2.24) is 15.5 Å². The van der Waals surface area contributed by atoms with Gasteiger partial charge in [-0.3, -0.25) is 9.69 Å². The summed E-state index contributed by atoms with van der Waals surface area (Å²) in [7, 11) is 0. The van der Waals surface area contributed by atoms with E-state index in [1.807, 2.05) is 11.8 Å². The van der Waals surface area contributed by atoms with Crippen LogP contribution in [0.15, 0.2) is 0 Å². The zero-order valence-corrected chi connectivity index (χ0v) is 15.9. The minimum atomic E-state index is -0.796. The lowest BCUT2D eigenvalue weighted by Crippen LogP contribution is -2.56. The summed E-state index contributed by atoms with van der Waals surface area (Å²) in [6, 6.07) is 0.316. The summed E-state index contributed by atoms with van der Waals surface area (Å²) in [5.41, 5.74) is 0.323. The minimum Gasteiger partial charge on any atom is -0.480 e. The summed E-state index contributed by atoms with van der Waals surface area (Å²) in [5.74, 6) is -0.206. The Balaban J connectivity index is 2.16. The molecule has 6 nitrogen and oxygen atoms in total. The molecule has 0 saturated heterocycles. The lowest BCUT2D eigenvalue weighted by Gasteiger charge is -2.42. The SMILES string of the molecule is CCN(CC(=O)O)C1CC(NC(=O)NCCC(C)CC(C)(C)C)C1. The standard InChI is InChI=1S/C18H35N3O3/c1-6-21(12-16(22)23)15-9-14(10-15)20-17(24)19-8-7-13(2)11-18(3,4)5/h13-15H,6-12H2,1-5H3,(H,22,23)(H2,19,20,24). The molecule has 1 fully saturated rings. The fourth-order valence-electron chi connectivity index (χ4n) is 3.49. The second kappa shape index (κ2) is 9.25. The first-order valence-corrected chi connectivity index (χ1v) is 9.11. The largest absolute Gasteiger partial charge is 0.480 e. The summed E-state index contributed by atoms with van der Waals surface area (Å²) in [6.45, 7) is 12.4. The number of carboxylic acid groups (broad SMARTS) is 1. The second-order valence-corrected chi connectivity index (χ2v) is 8.34. The van der Waals surface area contributed by atoms with Crippen molar-refractivity contribution in [1.29, 1.82) is 0 Å². The van der Waals surface area contributed by atoms with Crippen molar-refractivity contribution in [2.45, 2.75) is 72.4 Å². The highest BCUT2D eigenvalue weighted by molar-refractivity contribution is 5.74. The Labute approximate surface area is 146 Å². The molecule has 1 unspecified atom stereocenters. The van der Waals surface area contributed by atoms with Gasteiger partial charge in [0.15, 0.2) is 0 Å². The summed E-state index contributed by atoms with van der Waals surface area (Å²) >= 11 is 0. The highest BCUT2D eigenvalue weighted by Gasteiger charge is 2.34. The quantitative estimate of drug-likeness (QED) is 0.602. The zero-order chi connectivity index (χ0) is 18.3. The maximum Gasteiger partial charge on any atom is 0.317 e. The molecule has 140 valence electrons. The fourth-order valence-corrected chi connectivity index (χ4v) is 3.49. The number of carbonyl (C=O) groups is 2. The van der Waals surface area contributed by atoms with Crippen LogP contribution in [0, 0.1) is 11.3 Å². The molecule has 24 heavy (non-hydrogen) atoms. The van der Waals surface area contributed by atoms with Gasteiger partial charge in [-0.15, -0.1) is 0 Å². The van der Waals surface area contributed by atoms with Crippen molar-refractivity contribution in [2.75, 3.05) is 19.6 Å². The molecule has 1 aliphatic rings. The van der Waals surface area contributed by atoms with Crippen LogP contribution in [0.1, 0.15) is 60.3 Å². The highest BCUT2D eigenvalue weighted by atomic mass is 16.4. The van der Waals surface area contributed by atoms with Gasteiger partial charge in [0.05, 0.1) is 6.54 Å². The molecule has 0 bridgehead atoms. The molecule has 0 aromatic rings. The normalized spacial score (nSPS) is 21.9. The Morgan fingerprint density at radius 3 is 2.42 bits per heavy atom. The van der Waals surface area contributed by atoms with Gasteiger partial charge in [-0.2, -0.15) is 0 Å². The molecule has 0 aromatic carbocycles. The molecule has 1 atom stereocenters. The highest BCUT2D eigenvalue weighted by Crippen LogP contribution is 2.26. The first kappa shape index (κ1) is 20.7. The van der Waals surface area contributed by atoms with Crippen LogP contribution in [0.2, 0.25) is 0 Å². The minimum absolute atomic E-state index is 0.0751. The lowest BCUT2D eigenvalue weighted by atomic mass is 9.84. The van der Waals surface area contributed by atoms with Gasteiger partial charge in [-0.05, 0) is 43.6 Å². The number of nitrogens with zero attached hydrogens (tertiary/aromatic N) is 1. The Morgan fingerprint density at radius 1 is 1.29 bits per heavy atom. The number of amides is 2. The third kappa shape index (κ3) is 7.99. The molecule has 6 heteroatoms. The van der Waals surface area contributed by atoms with E-state index in [1.54, 1.807) is 0 Å². The van der Waals surface area contributed by atoms with Gasteiger partial charge >= 0.3 is 12.0 Å². The van der Waals surface area contributed by atoms with Crippen LogP contribution in [-0.2, 0) is 4.79 Å². The van der Waals surface area contributed by atoms with Crippen LogP contribution in [-0.4, -0.2) is 53.7 Å².